The maximum Gasteiger partial charge on any atom is 0.195 e. The lowest BCUT2D eigenvalue weighted by atomic mass is 10.0. The molecule has 1 aromatic heterocycles. The number of nitrogens with zero attached hydrogens (tertiary/aromatic N) is 1. The van der Waals surface area contributed by atoms with Crippen LogP contribution in [0, 0.1) is 0 Å². The lowest BCUT2D eigenvalue weighted by molar-refractivity contribution is 0.103. The lowest BCUT2D eigenvalue weighted by Gasteiger charge is -2.08. The van der Waals surface area contributed by atoms with Crippen molar-refractivity contribution < 1.29 is 9.53 Å². The molecule has 0 aliphatic rings. The van der Waals surface area contributed by atoms with Crippen molar-refractivity contribution in [3.63, 3.8) is 0 Å². The molecule has 4 nitrogen and oxygen atoms in total. The van der Waals surface area contributed by atoms with Crippen LogP contribution in [-0.4, -0.2) is 10.8 Å². The summed E-state index contributed by atoms with van der Waals surface area (Å²) >= 11 is 5.93. The predicted octanol–water partition coefficient (Wildman–Crippen LogP) is 4.34. The highest BCUT2D eigenvalue weighted by Crippen LogP contribution is 2.24. The van der Waals surface area contributed by atoms with E-state index in [4.69, 9.17) is 22.1 Å². The molecule has 0 spiro atoms. The summed E-state index contributed by atoms with van der Waals surface area (Å²) in [4.78, 5) is 16.4. The summed E-state index contributed by atoms with van der Waals surface area (Å²) in [5.41, 5.74) is 7.15. The monoisotopic (exact) mass is 324 g/mol. The van der Waals surface area contributed by atoms with Crippen LogP contribution in [0.3, 0.4) is 0 Å². The van der Waals surface area contributed by atoms with Gasteiger partial charge in [0.05, 0.1) is 0 Å². The summed E-state index contributed by atoms with van der Waals surface area (Å²) in [6.07, 6.45) is 3.30. The van der Waals surface area contributed by atoms with Crippen molar-refractivity contribution in [3.05, 3.63) is 83.1 Å². The smallest absolute Gasteiger partial charge is 0.195 e. The maximum atomic E-state index is 12.5. The molecule has 1 heterocycles. The number of carbonyl (C=O) groups excluding carboxylic acids is 1. The molecule has 0 unspecified atom stereocenters. The van der Waals surface area contributed by atoms with Crippen molar-refractivity contribution in [2.75, 3.05) is 5.73 Å². The Balaban J connectivity index is 1.82. The second kappa shape index (κ2) is 6.50. The van der Waals surface area contributed by atoms with Crippen molar-refractivity contribution in [3.8, 4) is 11.5 Å². The van der Waals surface area contributed by atoms with Gasteiger partial charge in [-0.3, -0.25) is 9.78 Å². The van der Waals surface area contributed by atoms with Gasteiger partial charge < -0.3 is 10.5 Å². The van der Waals surface area contributed by atoms with Crippen LogP contribution in [0.15, 0.2) is 67.0 Å². The van der Waals surface area contributed by atoms with E-state index in [0.29, 0.717) is 33.3 Å². The average Bonchev–Trinajstić information content (AvgIpc) is 2.58. The number of aromatic nitrogens is 1. The summed E-state index contributed by atoms with van der Waals surface area (Å²) in [6.45, 7) is 0. The number of rotatable bonds is 4. The highest BCUT2D eigenvalue weighted by molar-refractivity contribution is 6.31. The molecular formula is C18H13ClN2O2. The van der Waals surface area contributed by atoms with Crippen molar-refractivity contribution >= 4 is 23.1 Å². The van der Waals surface area contributed by atoms with Gasteiger partial charge in [-0.2, -0.15) is 0 Å². The van der Waals surface area contributed by atoms with Gasteiger partial charge in [-0.1, -0.05) is 11.6 Å². The zero-order chi connectivity index (χ0) is 16.2. The fraction of sp³-hybridized carbons (Fsp3) is 0. The third-order valence-corrected chi connectivity index (χ3v) is 3.50. The van der Waals surface area contributed by atoms with Crippen LogP contribution in [0.5, 0.6) is 11.5 Å². The summed E-state index contributed by atoms with van der Waals surface area (Å²) in [7, 11) is 0. The Hall–Kier alpha value is -2.85. The number of hydrogen-bond donors (Lipinski definition) is 1. The summed E-state index contributed by atoms with van der Waals surface area (Å²) < 4.78 is 5.66. The van der Waals surface area contributed by atoms with Gasteiger partial charge in [-0.25, -0.2) is 0 Å². The van der Waals surface area contributed by atoms with Gasteiger partial charge in [0.2, 0.25) is 0 Å². The first-order chi connectivity index (χ1) is 11.1. The highest BCUT2D eigenvalue weighted by Gasteiger charge is 2.13. The van der Waals surface area contributed by atoms with Crippen molar-refractivity contribution in [1.82, 2.24) is 4.98 Å². The van der Waals surface area contributed by atoms with Crippen LogP contribution in [-0.2, 0) is 0 Å². The molecule has 0 aliphatic carbocycles. The number of halogens is 1. The molecule has 3 aromatic rings. The van der Waals surface area contributed by atoms with Crippen molar-refractivity contribution in [2.45, 2.75) is 0 Å². The van der Waals surface area contributed by atoms with E-state index in [0.717, 1.165) is 0 Å². The van der Waals surface area contributed by atoms with Gasteiger partial charge in [-0.05, 0) is 54.6 Å². The maximum absolute atomic E-state index is 12.5. The fourth-order valence-corrected chi connectivity index (χ4v) is 2.27. The quantitative estimate of drug-likeness (QED) is 0.572. The molecule has 0 saturated heterocycles. The molecule has 3 rings (SSSR count). The second-order valence-corrected chi connectivity index (χ2v) is 5.31. The molecule has 5 heteroatoms. The number of benzene rings is 2. The fourth-order valence-electron chi connectivity index (χ4n) is 2.10. The highest BCUT2D eigenvalue weighted by atomic mass is 35.5. The van der Waals surface area contributed by atoms with E-state index in [9.17, 15) is 4.79 Å². The molecular weight excluding hydrogens is 312 g/mol. The number of nitrogens with two attached hydrogens (primary N) is 1. The van der Waals surface area contributed by atoms with E-state index in [-0.39, 0.29) is 5.78 Å². The third-order valence-electron chi connectivity index (χ3n) is 3.26. The number of nitrogen functional groups attached to an aromatic ring is 1. The molecule has 0 amide bonds. The van der Waals surface area contributed by atoms with Gasteiger partial charge >= 0.3 is 0 Å². The molecule has 2 N–H and O–H groups in total. The number of anilines is 1. The Kier molecular flexibility index (Phi) is 4.26. The Morgan fingerprint density at radius 2 is 1.61 bits per heavy atom. The van der Waals surface area contributed by atoms with Crippen LogP contribution in [0.25, 0.3) is 0 Å². The summed E-state index contributed by atoms with van der Waals surface area (Å²) in [5, 5.41) is 0.472. The second-order valence-electron chi connectivity index (χ2n) is 4.87. The van der Waals surface area contributed by atoms with E-state index >= 15 is 0 Å². The normalized spacial score (nSPS) is 10.3. The van der Waals surface area contributed by atoms with Crippen LogP contribution < -0.4 is 10.5 Å². The van der Waals surface area contributed by atoms with Gasteiger partial charge in [0.25, 0.3) is 0 Å². The SMILES string of the molecule is Nc1ccc(Cl)cc1C(=O)c1ccc(Oc2ccncc2)cc1. The first-order valence-electron chi connectivity index (χ1n) is 6.91. The largest absolute Gasteiger partial charge is 0.457 e. The summed E-state index contributed by atoms with van der Waals surface area (Å²) in [5.74, 6) is 1.13. The first kappa shape index (κ1) is 15.1. The zero-order valence-electron chi connectivity index (χ0n) is 12.1. The first-order valence-corrected chi connectivity index (χ1v) is 7.29. The Morgan fingerprint density at radius 3 is 2.30 bits per heavy atom. The van der Waals surface area contributed by atoms with E-state index < -0.39 is 0 Å². The molecule has 0 saturated carbocycles. The minimum atomic E-state index is -0.180. The van der Waals surface area contributed by atoms with Crippen LogP contribution in [0.4, 0.5) is 5.69 Å². The standard InChI is InChI=1S/C18H13ClN2O2/c19-13-3-6-17(20)16(11-13)18(22)12-1-4-14(5-2-12)23-15-7-9-21-10-8-15/h1-11H,20H2. The zero-order valence-corrected chi connectivity index (χ0v) is 12.8. The molecule has 0 atom stereocenters. The number of ether oxygens (including phenoxy) is 1. The average molecular weight is 325 g/mol. The molecule has 114 valence electrons. The van der Waals surface area contributed by atoms with Crippen LogP contribution in [0.2, 0.25) is 5.02 Å². The molecule has 0 aliphatic heterocycles. The minimum Gasteiger partial charge on any atom is -0.457 e. The number of pyridine rings is 1. The van der Waals surface area contributed by atoms with Gasteiger partial charge in [-0.15, -0.1) is 0 Å². The lowest BCUT2D eigenvalue weighted by Crippen LogP contribution is -2.05. The van der Waals surface area contributed by atoms with E-state index in [1.54, 1.807) is 67.0 Å². The van der Waals surface area contributed by atoms with Crippen LogP contribution in [0.1, 0.15) is 15.9 Å². The Labute approximate surface area is 138 Å². The minimum absolute atomic E-state index is 0.180. The molecule has 0 bridgehead atoms. The number of carbonyl (C=O) groups is 1. The molecule has 0 fully saturated rings. The predicted molar refractivity (Wildman–Crippen MR) is 90.0 cm³/mol. The van der Waals surface area contributed by atoms with Crippen LogP contribution >= 0.6 is 11.6 Å². The Bertz CT molecular complexity index is 833. The molecule has 0 radical (unpaired) electrons. The van der Waals surface area contributed by atoms with Gasteiger partial charge in [0.1, 0.15) is 11.5 Å². The topological polar surface area (TPSA) is 65.2 Å². The molecule has 2 aromatic carbocycles. The van der Waals surface area contributed by atoms with Gasteiger partial charge in [0, 0.05) is 34.2 Å². The number of ketones is 1. The Morgan fingerprint density at radius 1 is 0.957 bits per heavy atom. The van der Waals surface area contributed by atoms with E-state index in [1.807, 2.05) is 0 Å². The van der Waals surface area contributed by atoms with E-state index in [1.165, 1.54) is 0 Å². The van der Waals surface area contributed by atoms with Crippen molar-refractivity contribution in [2.24, 2.45) is 0 Å². The third kappa shape index (κ3) is 3.49. The summed E-state index contributed by atoms with van der Waals surface area (Å²) in [6, 6.07) is 15.2. The van der Waals surface area contributed by atoms with Crippen molar-refractivity contribution in [1.29, 1.82) is 0 Å². The number of hydrogen-bond acceptors (Lipinski definition) is 4. The van der Waals surface area contributed by atoms with Gasteiger partial charge in [0.15, 0.2) is 5.78 Å². The van der Waals surface area contributed by atoms with E-state index in [2.05, 4.69) is 4.98 Å². The molecule has 23 heavy (non-hydrogen) atoms.